The van der Waals surface area contributed by atoms with Crippen molar-refractivity contribution in [2.75, 3.05) is 20.6 Å². The molecule has 1 aliphatic rings. The van der Waals surface area contributed by atoms with E-state index in [1.54, 1.807) is 0 Å². The highest BCUT2D eigenvalue weighted by molar-refractivity contribution is 5.32. The Labute approximate surface area is 98.4 Å². The molecular formula is C14H22N2. The first-order valence-electron chi connectivity index (χ1n) is 6.03. The topological polar surface area (TPSA) is 29.3 Å². The Hall–Kier alpha value is -0.860. The summed E-state index contributed by atoms with van der Waals surface area (Å²) in [5.41, 5.74) is 9.11. The minimum absolute atomic E-state index is 0.329. The zero-order chi connectivity index (χ0) is 11.8. The van der Waals surface area contributed by atoms with Gasteiger partial charge in [0.25, 0.3) is 0 Å². The Kier molecular flexibility index (Phi) is 3.04. The van der Waals surface area contributed by atoms with Crippen LogP contribution in [0.25, 0.3) is 0 Å². The molecule has 1 saturated carbocycles. The molecule has 0 aliphatic heterocycles. The fourth-order valence-electron chi connectivity index (χ4n) is 2.80. The first-order valence-corrected chi connectivity index (χ1v) is 6.03. The van der Waals surface area contributed by atoms with Gasteiger partial charge in [0.15, 0.2) is 0 Å². The van der Waals surface area contributed by atoms with Crippen molar-refractivity contribution in [1.82, 2.24) is 4.90 Å². The van der Waals surface area contributed by atoms with E-state index >= 15 is 0 Å². The van der Waals surface area contributed by atoms with Gasteiger partial charge in [0.05, 0.1) is 0 Å². The molecule has 0 heterocycles. The summed E-state index contributed by atoms with van der Waals surface area (Å²) in [6.07, 6.45) is 2.53. The lowest BCUT2D eigenvalue weighted by Crippen LogP contribution is -2.34. The predicted molar refractivity (Wildman–Crippen MR) is 68.3 cm³/mol. The van der Waals surface area contributed by atoms with E-state index in [9.17, 15) is 0 Å². The number of nitrogens with zero attached hydrogens (tertiary/aromatic N) is 1. The molecule has 1 aromatic rings. The second-order valence-corrected chi connectivity index (χ2v) is 5.29. The molecule has 16 heavy (non-hydrogen) atoms. The average Bonchev–Trinajstić information content (AvgIpc) is 3.02. The first-order chi connectivity index (χ1) is 7.60. The zero-order valence-corrected chi connectivity index (χ0v) is 10.5. The maximum Gasteiger partial charge on any atom is 0.0412 e. The van der Waals surface area contributed by atoms with Crippen molar-refractivity contribution in [2.45, 2.75) is 25.8 Å². The van der Waals surface area contributed by atoms with Gasteiger partial charge in [0, 0.05) is 11.5 Å². The first kappa shape index (κ1) is 11.6. The van der Waals surface area contributed by atoms with Gasteiger partial charge in [0.2, 0.25) is 0 Å². The van der Waals surface area contributed by atoms with Crippen LogP contribution in [0.5, 0.6) is 0 Å². The van der Waals surface area contributed by atoms with Crippen molar-refractivity contribution in [3.63, 3.8) is 0 Å². The largest absolute Gasteiger partial charge is 0.330 e. The second kappa shape index (κ2) is 4.19. The lowest BCUT2D eigenvalue weighted by Gasteiger charge is -2.33. The summed E-state index contributed by atoms with van der Waals surface area (Å²) in [6, 6.07) is 9.14. The molecule has 88 valence electrons. The minimum atomic E-state index is 0.329. The Morgan fingerprint density at radius 1 is 1.31 bits per heavy atom. The number of aryl methyl sites for hydroxylation is 1. The quantitative estimate of drug-likeness (QED) is 0.840. The fourth-order valence-corrected chi connectivity index (χ4v) is 2.80. The third kappa shape index (κ3) is 1.87. The summed E-state index contributed by atoms with van der Waals surface area (Å²) < 4.78 is 0. The van der Waals surface area contributed by atoms with Gasteiger partial charge in [-0.2, -0.15) is 0 Å². The van der Waals surface area contributed by atoms with Crippen molar-refractivity contribution < 1.29 is 0 Å². The number of hydrogen-bond acceptors (Lipinski definition) is 2. The summed E-state index contributed by atoms with van der Waals surface area (Å²) in [5.74, 6) is 0. The van der Waals surface area contributed by atoms with Gasteiger partial charge in [-0.1, -0.05) is 24.3 Å². The molecule has 2 nitrogen and oxygen atoms in total. The van der Waals surface area contributed by atoms with Gasteiger partial charge < -0.3 is 10.6 Å². The molecule has 0 bridgehead atoms. The van der Waals surface area contributed by atoms with Crippen LogP contribution in [0.3, 0.4) is 0 Å². The molecule has 0 radical (unpaired) electrons. The molecule has 2 heteroatoms. The van der Waals surface area contributed by atoms with Crippen molar-refractivity contribution in [3.8, 4) is 0 Å². The normalized spacial score (nSPS) is 19.8. The molecule has 1 unspecified atom stereocenters. The molecule has 0 saturated heterocycles. The molecule has 2 rings (SSSR count). The summed E-state index contributed by atoms with van der Waals surface area (Å²) >= 11 is 0. The maximum atomic E-state index is 5.97. The molecule has 1 fully saturated rings. The van der Waals surface area contributed by atoms with Crippen molar-refractivity contribution >= 4 is 0 Å². The maximum absolute atomic E-state index is 5.97. The number of benzene rings is 1. The van der Waals surface area contributed by atoms with E-state index in [-0.39, 0.29) is 0 Å². The molecule has 1 aliphatic carbocycles. The molecule has 0 amide bonds. The number of rotatable bonds is 4. The van der Waals surface area contributed by atoms with Gasteiger partial charge >= 0.3 is 0 Å². The van der Waals surface area contributed by atoms with Gasteiger partial charge in [-0.05, 0) is 51.5 Å². The molecular weight excluding hydrogens is 196 g/mol. The highest BCUT2D eigenvalue weighted by Gasteiger charge is 2.49. The van der Waals surface area contributed by atoms with Gasteiger partial charge in [-0.3, -0.25) is 0 Å². The van der Waals surface area contributed by atoms with Crippen LogP contribution in [0.1, 0.15) is 30.0 Å². The standard InChI is InChI=1S/C14H22N2/c1-11-6-4-5-7-12(11)13(16(2)3)14(10-15)8-9-14/h4-7,13H,8-10,15H2,1-3H3. The van der Waals surface area contributed by atoms with E-state index in [0.29, 0.717) is 11.5 Å². The van der Waals surface area contributed by atoms with Crippen LogP contribution in [-0.2, 0) is 0 Å². The van der Waals surface area contributed by atoms with E-state index in [1.165, 1.54) is 24.0 Å². The Balaban J connectivity index is 2.38. The predicted octanol–water partition coefficient (Wildman–Crippen LogP) is 2.34. The summed E-state index contributed by atoms with van der Waals surface area (Å²) in [7, 11) is 4.32. The summed E-state index contributed by atoms with van der Waals surface area (Å²) in [6.45, 7) is 2.99. The Morgan fingerprint density at radius 3 is 2.38 bits per heavy atom. The van der Waals surface area contributed by atoms with Crippen LogP contribution < -0.4 is 5.73 Å². The number of hydrogen-bond donors (Lipinski definition) is 1. The highest BCUT2D eigenvalue weighted by Crippen LogP contribution is 2.56. The van der Waals surface area contributed by atoms with E-state index in [1.807, 2.05) is 0 Å². The van der Waals surface area contributed by atoms with Crippen molar-refractivity contribution in [3.05, 3.63) is 35.4 Å². The Bertz CT molecular complexity index is 367. The van der Waals surface area contributed by atoms with Crippen molar-refractivity contribution in [1.29, 1.82) is 0 Å². The van der Waals surface area contributed by atoms with Crippen LogP contribution in [0.2, 0.25) is 0 Å². The van der Waals surface area contributed by atoms with E-state index in [0.717, 1.165) is 6.54 Å². The molecule has 0 aromatic heterocycles. The van der Waals surface area contributed by atoms with Crippen LogP contribution in [0.15, 0.2) is 24.3 Å². The van der Waals surface area contributed by atoms with Crippen LogP contribution in [0.4, 0.5) is 0 Å². The second-order valence-electron chi connectivity index (χ2n) is 5.29. The monoisotopic (exact) mass is 218 g/mol. The van der Waals surface area contributed by atoms with Crippen LogP contribution in [0, 0.1) is 12.3 Å². The summed E-state index contributed by atoms with van der Waals surface area (Å²) in [5, 5.41) is 0. The third-order valence-electron chi connectivity index (χ3n) is 3.88. The van der Waals surface area contributed by atoms with Gasteiger partial charge in [-0.25, -0.2) is 0 Å². The lowest BCUT2D eigenvalue weighted by atomic mass is 9.87. The van der Waals surface area contributed by atoms with Crippen molar-refractivity contribution in [2.24, 2.45) is 11.1 Å². The fraction of sp³-hybridized carbons (Fsp3) is 0.571. The lowest BCUT2D eigenvalue weighted by molar-refractivity contribution is 0.198. The van der Waals surface area contributed by atoms with E-state index in [4.69, 9.17) is 5.73 Å². The Morgan fingerprint density at radius 2 is 1.94 bits per heavy atom. The summed E-state index contributed by atoms with van der Waals surface area (Å²) in [4.78, 5) is 2.32. The molecule has 0 spiro atoms. The van der Waals surface area contributed by atoms with E-state index in [2.05, 4.69) is 50.2 Å². The zero-order valence-electron chi connectivity index (χ0n) is 10.5. The average molecular weight is 218 g/mol. The van der Waals surface area contributed by atoms with E-state index < -0.39 is 0 Å². The number of nitrogens with two attached hydrogens (primary N) is 1. The SMILES string of the molecule is Cc1ccccc1C(N(C)C)C1(CN)CC1. The highest BCUT2D eigenvalue weighted by atomic mass is 15.1. The van der Waals surface area contributed by atoms with Gasteiger partial charge in [-0.15, -0.1) is 0 Å². The van der Waals surface area contributed by atoms with Crippen LogP contribution >= 0.6 is 0 Å². The van der Waals surface area contributed by atoms with Gasteiger partial charge in [0.1, 0.15) is 0 Å². The minimum Gasteiger partial charge on any atom is -0.330 e. The van der Waals surface area contributed by atoms with Crippen LogP contribution in [-0.4, -0.2) is 25.5 Å². The smallest absolute Gasteiger partial charge is 0.0412 e. The third-order valence-corrected chi connectivity index (χ3v) is 3.88. The molecule has 2 N–H and O–H groups in total. The molecule has 1 aromatic carbocycles. The molecule has 1 atom stereocenters.